The molecular weight excluding hydrogens is 266 g/mol. The largest absolute Gasteiger partial charge is 0.461 e. The molecule has 1 aromatic rings. The Morgan fingerprint density at radius 3 is 3.00 bits per heavy atom. The molecule has 1 heterocycles. The van der Waals surface area contributed by atoms with Crippen LogP contribution in [0.1, 0.15) is 11.8 Å². The van der Waals surface area contributed by atoms with E-state index in [2.05, 4.69) is 15.9 Å². The molecule has 2 N–H and O–H groups in total. The summed E-state index contributed by atoms with van der Waals surface area (Å²) in [6.45, 7) is 2.08. The van der Waals surface area contributed by atoms with Crippen molar-refractivity contribution in [2.45, 2.75) is 6.92 Å². The van der Waals surface area contributed by atoms with Crippen LogP contribution in [-0.2, 0) is 9.53 Å². The van der Waals surface area contributed by atoms with Crippen LogP contribution >= 0.6 is 27.3 Å². The summed E-state index contributed by atoms with van der Waals surface area (Å²) in [6, 6.07) is 1.89. The molecule has 1 rings (SSSR count). The molecule has 0 aliphatic carbocycles. The van der Waals surface area contributed by atoms with E-state index < -0.39 is 5.97 Å². The minimum Gasteiger partial charge on any atom is -0.461 e. The van der Waals surface area contributed by atoms with Gasteiger partial charge in [0.2, 0.25) is 0 Å². The normalized spacial score (nSPS) is 11.4. The van der Waals surface area contributed by atoms with E-state index in [0.717, 1.165) is 9.35 Å². The quantitative estimate of drug-likeness (QED) is 0.681. The van der Waals surface area contributed by atoms with E-state index in [0.29, 0.717) is 6.61 Å². The Bertz CT molecular complexity index is 359. The molecule has 0 fully saturated rings. The molecule has 0 aromatic carbocycles. The highest BCUT2D eigenvalue weighted by atomic mass is 79.9. The molecule has 3 nitrogen and oxygen atoms in total. The maximum atomic E-state index is 11.1. The molecule has 76 valence electrons. The number of carbonyl (C=O) groups excluding carboxylic acids is 1. The third-order valence-electron chi connectivity index (χ3n) is 1.40. The molecule has 0 unspecified atom stereocenters. The monoisotopic (exact) mass is 275 g/mol. The van der Waals surface area contributed by atoms with E-state index in [1.165, 1.54) is 11.3 Å². The molecule has 0 aliphatic rings. The molecular formula is C9H10BrNO2S. The van der Waals surface area contributed by atoms with Gasteiger partial charge in [-0.2, -0.15) is 0 Å². The Kier molecular flexibility index (Phi) is 4.16. The van der Waals surface area contributed by atoms with Crippen LogP contribution in [-0.4, -0.2) is 12.6 Å². The fraction of sp³-hybridized carbons (Fsp3) is 0.222. The molecule has 0 amide bonds. The fourth-order valence-electron chi connectivity index (χ4n) is 0.831. The van der Waals surface area contributed by atoms with Crippen molar-refractivity contribution in [3.63, 3.8) is 0 Å². The molecule has 0 radical (unpaired) electrons. The van der Waals surface area contributed by atoms with Crippen LogP contribution in [0.25, 0.3) is 6.08 Å². The van der Waals surface area contributed by atoms with Gasteiger partial charge in [0.25, 0.3) is 0 Å². The van der Waals surface area contributed by atoms with E-state index in [-0.39, 0.29) is 5.70 Å². The number of carbonyl (C=O) groups is 1. The van der Waals surface area contributed by atoms with Crippen molar-refractivity contribution >= 4 is 39.3 Å². The fourth-order valence-corrected chi connectivity index (χ4v) is 2.22. The van der Waals surface area contributed by atoms with Crippen LogP contribution < -0.4 is 5.73 Å². The minimum atomic E-state index is -0.475. The SMILES string of the molecule is CCOC(=O)/C(N)=C/c1cc(Br)cs1. The van der Waals surface area contributed by atoms with Gasteiger partial charge >= 0.3 is 5.97 Å². The van der Waals surface area contributed by atoms with Gasteiger partial charge in [-0.1, -0.05) is 0 Å². The second kappa shape index (κ2) is 5.17. The summed E-state index contributed by atoms with van der Waals surface area (Å²) in [5.41, 5.74) is 5.65. The zero-order valence-corrected chi connectivity index (χ0v) is 10.0. The Morgan fingerprint density at radius 2 is 2.50 bits per heavy atom. The summed E-state index contributed by atoms with van der Waals surface area (Å²) in [5, 5.41) is 1.92. The lowest BCUT2D eigenvalue weighted by atomic mass is 10.3. The summed E-state index contributed by atoms with van der Waals surface area (Å²) in [7, 11) is 0. The highest BCUT2D eigenvalue weighted by Gasteiger charge is 2.05. The molecule has 5 heteroatoms. The smallest absolute Gasteiger partial charge is 0.354 e. The average Bonchev–Trinajstić information content (AvgIpc) is 2.51. The molecule has 0 atom stereocenters. The van der Waals surface area contributed by atoms with Crippen LogP contribution in [0.15, 0.2) is 21.6 Å². The number of hydrogen-bond acceptors (Lipinski definition) is 4. The van der Waals surface area contributed by atoms with Crippen LogP contribution in [0.2, 0.25) is 0 Å². The van der Waals surface area contributed by atoms with Gasteiger partial charge in [0.15, 0.2) is 0 Å². The minimum absolute atomic E-state index is 0.126. The van der Waals surface area contributed by atoms with Gasteiger partial charge in [0, 0.05) is 14.7 Å². The van der Waals surface area contributed by atoms with Crippen LogP contribution in [0.5, 0.6) is 0 Å². The second-order valence-electron chi connectivity index (χ2n) is 2.49. The van der Waals surface area contributed by atoms with E-state index in [1.54, 1.807) is 13.0 Å². The molecule has 0 aliphatic heterocycles. The third-order valence-corrected chi connectivity index (χ3v) is 3.04. The summed E-state index contributed by atoms with van der Waals surface area (Å²) < 4.78 is 5.72. The Hall–Kier alpha value is -0.810. The third kappa shape index (κ3) is 3.16. The summed E-state index contributed by atoms with van der Waals surface area (Å²) in [4.78, 5) is 12.1. The number of halogens is 1. The zero-order chi connectivity index (χ0) is 10.6. The lowest BCUT2D eigenvalue weighted by Gasteiger charge is -1.99. The van der Waals surface area contributed by atoms with Crippen molar-refractivity contribution < 1.29 is 9.53 Å². The molecule has 0 saturated heterocycles. The van der Waals surface area contributed by atoms with E-state index in [1.807, 2.05) is 11.4 Å². The zero-order valence-electron chi connectivity index (χ0n) is 7.62. The first-order valence-electron chi connectivity index (χ1n) is 4.01. The van der Waals surface area contributed by atoms with Crippen molar-refractivity contribution in [3.05, 3.63) is 26.5 Å². The molecule has 14 heavy (non-hydrogen) atoms. The maximum Gasteiger partial charge on any atom is 0.354 e. The van der Waals surface area contributed by atoms with E-state index in [9.17, 15) is 4.79 Å². The number of hydrogen-bond donors (Lipinski definition) is 1. The van der Waals surface area contributed by atoms with Gasteiger partial charge < -0.3 is 10.5 Å². The molecule has 0 saturated carbocycles. The topological polar surface area (TPSA) is 52.3 Å². The number of ether oxygens (including phenoxy) is 1. The van der Waals surface area contributed by atoms with Crippen molar-refractivity contribution in [1.29, 1.82) is 0 Å². The van der Waals surface area contributed by atoms with E-state index >= 15 is 0 Å². The number of thiophene rings is 1. The van der Waals surface area contributed by atoms with Crippen LogP contribution in [0.3, 0.4) is 0 Å². The first-order chi connectivity index (χ1) is 6.63. The first-order valence-corrected chi connectivity index (χ1v) is 5.69. The van der Waals surface area contributed by atoms with Gasteiger partial charge in [-0.05, 0) is 35.0 Å². The predicted molar refractivity (Wildman–Crippen MR) is 60.8 cm³/mol. The van der Waals surface area contributed by atoms with E-state index in [4.69, 9.17) is 10.5 Å². The first kappa shape index (κ1) is 11.3. The molecule has 0 bridgehead atoms. The summed E-state index contributed by atoms with van der Waals surface area (Å²) >= 11 is 4.82. The van der Waals surface area contributed by atoms with Gasteiger partial charge in [0.1, 0.15) is 5.70 Å². The predicted octanol–water partition coefficient (Wildman–Crippen LogP) is 2.37. The number of rotatable bonds is 3. The Balaban J connectivity index is 2.73. The van der Waals surface area contributed by atoms with Crippen molar-refractivity contribution in [1.82, 2.24) is 0 Å². The van der Waals surface area contributed by atoms with Crippen LogP contribution in [0, 0.1) is 0 Å². The summed E-state index contributed by atoms with van der Waals surface area (Å²) in [6.07, 6.45) is 1.60. The van der Waals surface area contributed by atoms with Gasteiger partial charge in [-0.25, -0.2) is 4.79 Å². The van der Waals surface area contributed by atoms with Crippen LogP contribution in [0.4, 0.5) is 0 Å². The lowest BCUT2D eigenvalue weighted by molar-refractivity contribution is -0.138. The van der Waals surface area contributed by atoms with Crippen molar-refractivity contribution in [2.75, 3.05) is 6.61 Å². The lowest BCUT2D eigenvalue weighted by Crippen LogP contribution is -2.14. The van der Waals surface area contributed by atoms with Gasteiger partial charge in [0.05, 0.1) is 6.61 Å². The standard InChI is InChI=1S/C9H10BrNO2S/c1-2-13-9(12)8(11)4-7-3-6(10)5-14-7/h3-5H,2,11H2,1H3/b8-4-. The number of nitrogens with two attached hydrogens (primary N) is 1. The Morgan fingerprint density at radius 1 is 1.79 bits per heavy atom. The number of esters is 1. The maximum absolute atomic E-state index is 11.1. The second-order valence-corrected chi connectivity index (χ2v) is 4.35. The van der Waals surface area contributed by atoms with Crippen molar-refractivity contribution in [2.24, 2.45) is 5.73 Å². The summed E-state index contributed by atoms with van der Waals surface area (Å²) in [5.74, 6) is -0.475. The highest BCUT2D eigenvalue weighted by Crippen LogP contribution is 2.21. The highest BCUT2D eigenvalue weighted by molar-refractivity contribution is 9.10. The van der Waals surface area contributed by atoms with Gasteiger partial charge in [-0.3, -0.25) is 0 Å². The average molecular weight is 276 g/mol. The molecule has 0 spiro atoms. The van der Waals surface area contributed by atoms with Crippen molar-refractivity contribution in [3.8, 4) is 0 Å². The molecule has 1 aromatic heterocycles. The Labute approximate surface area is 94.7 Å². The van der Waals surface area contributed by atoms with Gasteiger partial charge in [-0.15, -0.1) is 11.3 Å².